The predicted molar refractivity (Wildman–Crippen MR) is 92.4 cm³/mol. The summed E-state index contributed by atoms with van der Waals surface area (Å²) in [5.74, 6) is 0.387. The first-order chi connectivity index (χ1) is 11.0. The molecule has 0 saturated carbocycles. The zero-order valence-electron chi connectivity index (χ0n) is 14.5. The number of rotatable bonds is 5. The van der Waals surface area contributed by atoms with Gasteiger partial charge in [-0.15, -0.1) is 0 Å². The van der Waals surface area contributed by atoms with Gasteiger partial charge < -0.3 is 9.80 Å². The van der Waals surface area contributed by atoms with Crippen molar-refractivity contribution in [1.29, 1.82) is 0 Å². The van der Waals surface area contributed by atoms with Gasteiger partial charge in [0.1, 0.15) is 0 Å². The van der Waals surface area contributed by atoms with Crippen molar-refractivity contribution in [2.75, 3.05) is 26.7 Å². The maximum absolute atomic E-state index is 12.5. The lowest BCUT2D eigenvalue weighted by Crippen LogP contribution is -2.43. The SMILES string of the molecule is CCCCN(C)C(=O)C1CCN(C(=O)c2cccc(C)c2)CC1. The maximum Gasteiger partial charge on any atom is 0.253 e. The highest BCUT2D eigenvalue weighted by molar-refractivity contribution is 5.94. The van der Waals surface area contributed by atoms with Crippen molar-refractivity contribution in [1.82, 2.24) is 9.80 Å². The van der Waals surface area contributed by atoms with Gasteiger partial charge in [0.05, 0.1) is 0 Å². The third-order valence-electron chi connectivity index (χ3n) is 4.62. The Kier molecular flexibility index (Phi) is 6.20. The lowest BCUT2D eigenvalue weighted by atomic mass is 9.94. The number of unbranched alkanes of at least 4 members (excludes halogenated alkanes) is 1. The summed E-state index contributed by atoms with van der Waals surface area (Å²) in [6.07, 6.45) is 3.69. The van der Waals surface area contributed by atoms with Crippen LogP contribution >= 0.6 is 0 Å². The third kappa shape index (κ3) is 4.57. The average molecular weight is 316 g/mol. The standard InChI is InChI=1S/C19H28N2O2/c1-4-5-11-20(3)18(22)16-9-12-21(13-10-16)19(23)17-8-6-7-15(2)14-17/h6-8,14,16H,4-5,9-13H2,1-3H3. The Morgan fingerprint density at radius 2 is 1.96 bits per heavy atom. The van der Waals surface area contributed by atoms with Crippen LogP contribution in [0.4, 0.5) is 0 Å². The van der Waals surface area contributed by atoms with E-state index in [-0.39, 0.29) is 17.7 Å². The molecule has 4 heteroatoms. The Balaban J connectivity index is 1.88. The average Bonchev–Trinajstić information content (AvgIpc) is 2.58. The minimum absolute atomic E-state index is 0.0680. The van der Waals surface area contributed by atoms with Crippen molar-refractivity contribution >= 4 is 11.8 Å². The number of aryl methyl sites for hydroxylation is 1. The van der Waals surface area contributed by atoms with Gasteiger partial charge in [-0.1, -0.05) is 31.0 Å². The van der Waals surface area contributed by atoms with Crippen LogP contribution in [-0.4, -0.2) is 48.3 Å². The molecule has 1 aliphatic heterocycles. The van der Waals surface area contributed by atoms with E-state index in [4.69, 9.17) is 0 Å². The van der Waals surface area contributed by atoms with E-state index in [0.29, 0.717) is 13.1 Å². The van der Waals surface area contributed by atoms with Gasteiger partial charge in [-0.2, -0.15) is 0 Å². The van der Waals surface area contributed by atoms with Crippen molar-refractivity contribution in [3.8, 4) is 0 Å². The molecule has 1 aromatic carbocycles. The van der Waals surface area contributed by atoms with Gasteiger partial charge >= 0.3 is 0 Å². The van der Waals surface area contributed by atoms with Crippen LogP contribution in [0.5, 0.6) is 0 Å². The predicted octanol–water partition coefficient (Wildman–Crippen LogP) is 3.11. The van der Waals surface area contributed by atoms with E-state index in [1.165, 1.54) is 0 Å². The number of carbonyl (C=O) groups is 2. The second-order valence-corrected chi connectivity index (χ2v) is 6.55. The molecule has 0 aliphatic carbocycles. The highest BCUT2D eigenvalue weighted by atomic mass is 16.2. The van der Waals surface area contributed by atoms with Gasteiger partial charge in [0.15, 0.2) is 0 Å². The molecule has 1 aromatic rings. The molecule has 1 fully saturated rings. The summed E-state index contributed by atoms with van der Waals surface area (Å²) < 4.78 is 0. The molecule has 0 radical (unpaired) electrons. The molecule has 2 amide bonds. The van der Waals surface area contributed by atoms with Crippen LogP contribution in [0.25, 0.3) is 0 Å². The summed E-state index contributed by atoms with van der Waals surface area (Å²) in [5.41, 5.74) is 1.84. The number of hydrogen-bond donors (Lipinski definition) is 0. The first kappa shape index (κ1) is 17.5. The molecule has 0 atom stereocenters. The van der Waals surface area contributed by atoms with Crippen LogP contribution in [0.2, 0.25) is 0 Å². The minimum Gasteiger partial charge on any atom is -0.346 e. The first-order valence-corrected chi connectivity index (χ1v) is 8.64. The van der Waals surface area contributed by atoms with Gasteiger partial charge in [-0.25, -0.2) is 0 Å². The molecule has 0 spiro atoms. The second-order valence-electron chi connectivity index (χ2n) is 6.55. The Morgan fingerprint density at radius 1 is 1.26 bits per heavy atom. The smallest absolute Gasteiger partial charge is 0.253 e. The van der Waals surface area contributed by atoms with Gasteiger partial charge in [-0.05, 0) is 38.3 Å². The molecule has 2 rings (SSSR count). The van der Waals surface area contributed by atoms with Gasteiger partial charge in [-0.3, -0.25) is 9.59 Å². The third-order valence-corrected chi connectivity index (χ3v) is 4.62. The van der Waals surface area contributed by atoms with E-state index in [0.717, 1.165) is 43.4 Å². The first-order valence-electron chi connectivity index (χ1n) is 8.64. The Morgan fingerprint density at radius 3 is 2.57 bits per heavy atom. The molecule has 4 nitrogen and oxygen atoms in total. The van der Waals surface area contributed by atoms with E-state index in [1.54, 1.807) is 0 Å². The second kappa shape index (κ2) is 8.14. The van der Waals surface area contributed by atoms with Crippen molar-refractivity contribution in [3.05, 3.63) is 35.4 Å². The van der Waals surface area contributed by atoms with Crippen LogP contribution in [0.3, 0.4) is 0 Å². The van der Waals surface area contributed by atoms with Crippen molar-refractivity contribution in [2.24, 2.45) is 5.92 Å². The molecular weight excluding hydrogens is 288 g/mol. The number of benzene rings is 1. The molecule has 1 saturated heterocycles. The fourth-order valence-corrected chi connectivity index (χ4v) is 3.11. The summed E-state index contributed by atoms with van der Waals surface area (Å²) in [6.45, 7) is 6.30. The lowest BCUT2D eigenvalue weighted by molar-refractivity contribution is -0.135. The number of hydrogen-bond acceptors (Lipinski definition) is 2. The Bertz CT molecular complexity index is 548. The molecule has 1 aliphatic rings. The largest absolute Gasteiger partial charge is 0.346 e. The summed E-state index contributed by atoms with van der Waals surface area (Å²) in [4.78, 5) is 28.7. The van der Waals surface area contributed by atoms with Crippen LogP contribution in [0.15, 0.2) is 24.3 Å². The summed E-state index contributed by atoms with van der Waals surface area (Å²) in [6, 6.07) is 7.71. The summed E-state index contributed by atoms with van der Waals surface area (Å²) in [5, 5.41) is 0. The highest BCUT2D eigenvalue weighted by Crippen LogP contribution is 2.21. The molecule has 0 N–H and O–H groups in total. The molecule has 126 valence electrons. The number of likely N-dealkylation sites (tertiary alicyclic amines) is 1. The van der Waals surface area contributed by atoms with Crippen LogP contribution in [-0.2, 0) is 4.79 Å². The van der Waals surface area contributed by atoms with E-state index >= 15 is 0 Å². The van der Waals surface area contributed by atoms with Gasteiger partial charge in [0, 0.05) is 38.2 Å². The van der Waals surface area contributed by atoms with Crippen LogP contribution in [0.1, 0.15) is 48.5 Å². The quantitative estimate of drug-likeness (QED) is 0.837. The number of nitrogens with zero attached hydrogens (tertiary/aromatic N) is 2. The van der Waals surface area contributed by atoms with Crippen molar-refractivity contribution in [3.63, 3.8) is 0 Å². The highest BCUT2D eigenvalue weighted by Gasteiger charge is 2.29. The van der Waals surface area contributed by atoms with E-state index < -0.39 is 0 Å². The number of piperidine rings is 1. The fraction of sp³-hybridized carbons (Fsp3) is 0.579. The van der Waals surface area contributed by atoms with Gasteiger partial charge in [0.2, 0.25) is 5.91 Å². The summed E-state index contributed by atoms with van der Waals surface area (Å²) in [7, 11) is 1.89. The van der Waals surface area contributed by atoms with Gasteiger partial charge in [0.25, 0.3) is 5.91 Å². The van der Waals surface area contributed by atoms with Crippen molar-refractivity contribution < 1.29 is 9.59 Å². The van der Waals surface area contributed by atoms with E-state index in [2.05, 4.69) is 6.92 Å². The zero-order chi connectivity index (χ0) is 16.8. The maximum atomic E-state index is 12.5. The van der Waals surface area contributed by atoms with E-state index in [9.17, 15) is 9.59 Å². The van der Waals surface area contributed by atoms with Crippen molar-refractivity contribution in [2.45, 2.75) is 39.5 Å². The number of amides is 2. The Labute approximate surface area is 139 Å². The monoisotopic (exact) mass is 316 g/mol. The fourth-order valence-electron chi connectivity index (χ4n) is 3.11. The van der Waals surface area contributed by atoms with Crippen LogP contribution in [0, 0.1) is 12.8 Å². The molecule has 0 aromatic heterocycles. The van der Waals surface area contributed by atoms with Crippen LogP contribution < -0.4 is 0 Å². The van der Waals surface area contributed by atoms with E-state index in [1.807, 2.05) is 48.0 Å². The Hall–Kier alpha value is -1.84. The number of carbonyl (C=O) groups excluding carboxylic acids is 2. The zero-order valence-corrected chi connectivity index (χ0v) is 14.5. The molecule has 1 heterocycles. The minimum atomic E-state index is 0.0680. The molecule has 0 bridgehead atoms. The topological polar surface area (TPSA) is 40.6 Å². The normalized spacial score (nSPS) is 15.5. The molecular formula is C19H28N2O2. The lowest BCUT2D eigenvalue weighted by Gasteiger charge is -2.33. The molecule has 0 unspecified atom stereocenters. The summed E-state index contributed by atoms with van der Waals surface area (Å²) >= 11 is 0. The molecule has 23 heavy (non-hydrogen) atoms.